The van der Waals surface area contributed by atoms with Gasteiger partial charge in [-0.3, -0.25) is 9.80 Å². The van der Waals surface area contributed by atoms with Crippen LogP contribution in [-0.2, 0) is 13.1 Å². The smallest absolute Gasteiger partial charge is 0.0234 e. The van der Waals surface area contributed by atoms with Crippen LogP contribution in [-0.4, -0.2) is 68.1 Å². The van der Waals surface area contributed by atoms with Crippen molar-refractivity contribution < 1.29 is 0 Å². The summed E-state index contributed by atoms with van der Waals surface area (Å²) in [7, 11) is 4.28. The molecule has 112 valence electrons. The maximum atomic E-state index is 5.63. The van der Waals surface area contributed by atoms with Gasteiger partial charge in [-0.05, 0) is 25.2 Å². The van der Waals surface area contributed by atoms with E-state index in [-0.39, 0.29) is 0 Å². The second kappa shape index (κ2) is 7.74. The first-order valence-corrected chi connectivity index (χ1v) is 7.54. The molecule has 1 aliphatic heterocycles. The molecule has 4 nitrogen and oxygen atoms in total. The first-order valence-electron chi connectivity index (χ1n) is 7.54. The van der Waals surface area contributed by atoms with E-state index in [0.29, 0.717) is 6.54 Å². The number of benzene rings is 1. The van der Waals surface area contributed by atoms with Crippen LogP contribution < -0.4 is 5.73 Å². The van der Waals surface area contributed by atoms with Gasteiger partial charge >= 0.3 is 0 Å². The van der Waals surface area contributed by atoms with Gasteiger partial charge in [-0.25, -0.2) is 0 Å². The average Bonchev–Trinajstić information content (AvgIpc) is 2.47. The number of piperazine rings is 1. The van der Waals surface area contributed by atoms with Crippen molar-refractivity contribution in [2.75, 3.05) is 53.4 Å². The van der Waals surface area contributed by atoms with Gasteiger partial charge in [0, 0.05) is 52.4 Å². The highest BCUT2D eigenvalue weighted by atomic mass is 15.3. The first-order chi connectivity index (χ1) is 9.67. The van der Waals surface area contributed by atoms with Crippen molar-refractivity contribution in [3.8, 4) is 0 Å². The molecule has 0 bridgehead atoms. The third kappa shape index (κ3) is 4.87. The first kappa shape index (κ1) is 15.4. The lowest BCUT2D eigenvalue weighted by Crippen LogP contribution is -2.47. The lowest BCUT2D eigenvalue weighted by Gasteiger charge is -2.35. The van der Waals surface area contributed by atoms with Gasteiger partial charge in [0.15, 0.2) is 0 Å². The van der Waals surface area contributed by atoms with Crippen molar-refractivity contribution in [3.05, 3.63) is 35.4 Å². The molecule has 1 saturated heterocycles. The summed E-state index contributed by atoms with van der Waals surface area (Å²) in [5.41, 5.74) is 8.23. The molecule has 4 heteroatoms. The third-order valence-corrected chi connectivity index (χ3v) is 3.99. The summed E-state index contributed by atoms with van der Waals surface area (Å²) in [6.07, 6.45) is 0. The quantitative estimate of drug-likeness (QED) is 0.835. The van der Waals surface area contributed by atoms with Crippen molar-refractivity contribution in [1.82, 2.24) is 14.7 Å². The molecule has 0 aliphatic carbocycles. The molecule has 1 aliphatic rings. The van der Waals surface area contributed by atoms with Gasteiger partial charge in [-0.1, -0.05) is 24.3 Å². The van der Waals surface area contributed by atoms with Crippen molar-refractivity contribution in [1.29, 1.82) is 0 Å². The van der Waals surface area contributed by atoms with E-state index in [1.54, 1.807) is 0 Å². The third-order valence-electron chi connectivity index (χ3n) is 3.99. The van der Waals surface area contributed by atoms with Crippen molar-refractivity contribution in [2.24, 2.45) is 5.73 Å². The van der Waals surface area contributed by atoms with Crippen LogP contribution >= 0.6 is 0 Å². The van der Waals surface area contributed by atoms with Crippen LogP contribution in [0.15, 0.2) is 24.3 Å². The zero-order valence-electron chi connectivity index (χ0n) is 12.9. The SMILES string of the molecule is CN(C)CCN1CCN(Cc2ccc(CN)cc2)CC1. The van der Waals surface area contributed by atoms with Gasteiger partial charge in [-0.2, -0.15) is 0 Å². The monoisotopic (exact) mass is 276 g/mol. The van der Waals surface area contributed by atoms with Crippen LogP contribution in [0.5, 0.6) is 0 Å². The summed E-state index contributed by atoms with van der Waals surface area (Å²) in [6, 6.07) is 8.70. The lowest BCUT2D eigenvalue weighted by atomic mass is 10.1. The Labute approximate surface area is 123 Å². The van der Waals surface area contributed by atoms with E-state index in [9.17, 15) is 0 Å². The molecule has 1 aromatic rings. The zero-order valence-corrected chi connectivity index (χ0v) is 12.9. The van der Waals surface area contributed by atoms with Gasteiger partial charge in [0.2, 0.25) is 0 Å². The summed E-state index contributed by atoms with van der Waals surface area (Å²) in [5.74, 6) is 0. The van der Waals surface area contributed by atoms with E-state index < -0.39 is 0 Å². The topological polar surface area (TPSA) is 35.7 Å². The number of hydrogen-bond donors (Lipinski definition) is 1. The van der Waals surface area contributed by atoms with Crippen LogP contribution in [0.2, 0.25) is 0 Å². The maximum Gasteiger partial charge on any atom is 0.0234 e. The number of hydrogen-bond acceptors (Lipinski definition) is 4. The van der Waals surface area contributed by atoms with Gasteiger partial charge in [-0.15, -0.1) is 0 Å². The molecule has 0 aromatic heterocycles. The summed E-state index contributed by atoms with van der Waals surface area (Å²) in [6.45, 7) is 8.76. The van der Waals surface area contributed by atoms with Crippen molar-refractivity contribution >= 4 is 0 Å². The van der Waals surface area contributed by atoms with Crippen LogP contribution in [0.25, 0.3) is 0 Å². The summed E-state index contributed by atoms with van der Waals surface area (Å²) in [5, 5.41) is 0. The van der Waals surface area contributed by atoms with Gasteiger partial charge in [0.25, 0.3) is 0 Å². The molecule has 1 fully saturated rings. The van der Waals surface area contributed by atoms with E-state index in [1.807, 2.05) is 0 Å². The standard InChI is InChI=1S/C16H28N4/c1-18(2)7-8-19-9-11-20(12-10-19)14-16-5-3-15(13-17)4-6-16/h3-6H,7-14,17H2,1-2H3. The maximum absolute atomic E-state index is 5.63. The van der Waals surface area contributed by atoms with E-state index >= 15 is 0 Å². The molecule has 0 spiro atoms. The molecule has 0 amide bonds. The number of rotatable bonds is 6. The summed E-state index contributed by atoms with van der Waals surface area (Å²) in [4.78, 5) is 7.36. The molecule has 1 heterocycles. The lowest BCUT2D eigenvalue weighted by molar-refractivity contribution is 0.120. The molecule has 0 radical (unpaired) electrons. The Morgan fingerprint density at radius 3 is 2.05 bits per heavy atom. The van der Waals surface area contributed by atoms with Gasteiger partial charge < -0.3 is 10.6 Å². The fraction of sp³-hybridized carbons (Fsp3) is 0.625. The second-order valence-electron chi connectivity index (χ2n) is 5.94. The normalized spacial score (nSPS) is 17.8. The minimum atomic E-state index is 0.630. The molecule has 1 aromatic carbocycles. The largest absolute Gasteiger partial charge is 0.326 e. The van der Waals surface area contributed by atoms with Crippen LogP contribution in [0.1, 0.15) is 11.1 Å². The van der Waals surface area contributed by atoms with Gasteiger partial charge in [0.05, 0.1) is 0 Å². The predicted molar refractivity (Wildman–Crippen MR) is 84.6 cm³/mol. The molecule has 0 atom stereocenters. The van der Waals surface area contributed by atoms with Crippen molar-refractivity contribution in [2.45, 2.75) is 13.1 Å². The zero-order chi connectivity index (χ0) is 14.4. The fourth-order valence-corrected chi connectivity index (χ4v) is 2.55. The van der Waals surface area contributed by atoms with E-state index in [4.69, 9.17) is 5.73 Å². The molecule has 0 unspecified atom stereocenters. The molecular formula is C16H28N4. The minimum Gasteiger partial charge on any atom is -0.326 e. The van der Waals surface area contributed by atoms with E-state index in [2.05, 4.69) is 53.1 Å². The molecular weight excluding hydrogens is 248 g/mol. The minimum absolute atomic E-state index is 0.630. The predicted octanol–water partition coefficient (Wildman–Crippen LogP) is 0.825. The highest BCUT2D eigenvalue weighted by Crippen LogP contribution is 2.10. The Morgan fingerprint density at radius 1 is 0.950 bits per heavy atom. The molecule has 0 saturated carbocycles. The Morgan fingerprint density at radius 2 is 1.50 bits per heavy atom. The average molecular weight is 276 g/mol. The Balaban J connectivity index is 1.73. The highest BCUT2D eigenvalue weighted by Gasteiger charge is 2.16. The van der Waals surface area contributed by atoms with Crippen molar-refractivity contribution in [3.63, 3.8) is 0 Å². The second-order valence-corrected chi connectivity index (χ2v) is 5.94. The van der Waals surface area contributed by atoms with Crippen LogP contribution in [0.4, 0.5) is 0 Å². The highest BCUT2D eigenvalue weighted by molar-refractivity contribution is 5.22. The Kier molecular flexibility index (Phi) is 5.98. The van der Waals surface area contributed by atoms with Crippen LogP contribution in [0, 0.1) is 0 Å². The Bertz CT molecular complexity index is 380. The Hall–Kier alpha value is -0.940. The molecule has 2 rings (SSSR count). The van der Waals surface area contributed by atoms with Crippen LogP contribution in [0.3, 0.4) is 0 Å². The molecule has 2 N–H and O–H groups in total. The summed E-state index contributed by atoms with van der Waals surface area (Å²) < 4.78 is 0. The number of likely N-dealkylation sites (N-methyl/N-ethyl adjacent to an activating group) is 1. The molecule has 20 heavy (non-hydrogen) atoms. The number of nitrogens with zero attached hydrogens (tertiary/aromatic N) is 3. The van der Waals surface area contributed by atoms with Gasteiger partial charge in [0.1, 0.15) is 0 Å². The fourth-order valence-electron chi connectivity index (χ4n) is 2.55. The van der Waals surface area contributed by atoms with E-state index in [0.717, 1.165) is 13.1 Å². The summed E-state index contributed by atoms with van der Waals surface area (Å²) >= 11 is 0. The van der Waals surface area contributed by atoms with E-state index in [1.165, 1.54) is 43.9 Å². The number of nitrogens with two attached hydrogens (primary N) is 1.